The summed E-state index contributed by atoms with van der Waals surface area (Å²) >= 11 is 6.08. The molecule has 0 saturated heterocycles. The van der Waals surface area contributed by atoms with E-state index >= 15 is 0 Å². The molecule has 0 bridgehead atoms. The molecule has 0 heterocycles. The number of amides is 1. The van der Waals surface area contributed by atoms with Crippen molar-refractivity contribution in [1.82, 2.24) is 5.32 Å². The average molecular weight is 417 g/mol. The Hall–Kier alpha value is -2.70. The van der Waals surface area contributed by atoms with Gasteiger partial charge in [0.2, 0.25) is 5.91 Å². The Morgan fingerprint density at radius 1 is 1.07 bits per heavy atom. The van der Waals surface area contributed by atoms with Gasteiger partial charge in [-0.1, -0.05) is 55.3 Å². The molecule has 2 rings (SSSR count). The number of esters is 1. The SMILES string of the molecule is CCCCOC(=O)CNCC(=O)N(C)c1ccc(Cl)cc1C(=O)c1ccccc1. The van der Waals surface area contributed by atoms with Gasteiger partial charge in [0.1, 0.15) is 0 Å². The number of halogens is 1. The van der Waals surface area contributed by atoms with Crippen LogP contribution < -0.4 is 10.2 Å². The van der Waals surface area contributed by atoms with E-state index in [0.717, 1.165) is 12.8 Å². The zero-order chi connectivity index (χ0) is 21.2. The number of carbonyl (C=O) groups excluding carboxylic acids is 3. The molecule has 0 saturated carbocycles. The van der Waals surface area contributed by atoms with Gasteiger partial charge in [0.05, 0.1) is 25.4 Å². The molecule has 0 fully saturated rings. The number of ether oxygens (including phenoxy) is 1. The summed E-state index contributed by atoms with van der Waals surface area (Å²) in [6, 6.07) is 13.6. The smallest absolute Gasteiger partial charge is 0.319 e. The van der Waals surface area contributed by atoms with Gasteiger partial charge in [0.15, 0.2) is 5.78 Å². The van der Waals surface area contributed by atoms with E-state index in [2.05, 4.69) is 5.32 Å². The van der Waals surface area contributed by atoms with Gasteiger partial charge in [-0.05, 0) is 24.6 Å². The highest BCUT2D eigenvalue weighted by molar-refractivity contribution is 6.31. The van der Waals surface area contributed by atoms with E-state index in [9.17, 15) is 14.4 Å². The summed E-state index contributed by atoms with van der Waals surface area (Å²) in [5.41, 5.74) is 1.28. The standard InChI is InChI=1S/C22H25ClN2O4/c1-3-4-12-29-21(27)15-24-14-20(26)25(2)19-11-10-17(23)13-18(19)22(28)16-8-6-5-7-9-16/h5-11,13,24H,3-4,12,14-15H2,1-2H3. The third kappa shape index (κ3) is 6.69. The molecule has 1 amide bonds. The maximum absolute atomic E-state index is 12.9. The van der Waals surface area contributed by atoms with Gasteiger partial charge in [-0.15, -0.1) is 0 Å². The zero-order valence-electron chi connectivity index (χ0n) is 16.6. The minimum atomic E-state index is -0.402. The minimum Gasteiger partial charge on any atom is -0.465 e. The first-order valence-corrected chi connectivity index (χ1v) is 9.84. The van der Waals surface area contributed by atoms with E-state index in [4.69, 9.17) is 16.3 Å². The second-order valence-corrected chi connectivity index (χ2v) is 6.92. The Bertz CT molecular complexity index is 855. The predicted molar refractivity (Wildman–Crippen MR) is 113 cm³/mol. The summed E-state index contributed by atoms with van der Waals surface area (Å²) in [5.74, 6) is -0.925. The molecule has 2 aromatic rings. The molecule has 0 spiro atoms. The van der Waals surface area contributed by atoms with Gasteiger partial charge >= 0.3 is 5.97 Å². The quantitative estimate of drug-likeness (QED) is 0.364. The number of carbonyl (C=O) groups is 3. The Kier molecular flexibility index (Phi) is 8.83. The summed E-state index contributed by atoms with van der Waals surface area (Å²) < 4.78 is 5.04. The Labute approximate surface area is 175 Å². The number of benzene rings is 2. The van der Waals surface area contributed by atoms with Gasteiger partial charge < -0.3 is 9.64 Å². The van der Waals surface area contributed by atoms with Crippen LogP contribution in [0.4, 0.5) is 5.69 Å². The third-order valence-corrected chi connectivity index (χ3v) is 4.52. The van der Waals surface area contributed by atoms with E-state index in [1.807, 2.05) is 13.0 Å². The van der Waals surface area contributed by atoms with Crippen LogP contribution in [0.15, 0.2) is 48.5 Å². The lowest BCUT2D eigenvalue weighted by atomic mass is 10.0. The lowest BCUT2D eigenvalue weighted by Crippen LogP contribution is -2.38. The number of nitrogens with one attached hydrogen (secondary N) is 1. The van der Waals surface area contributed by atoms with Crippen LogP contribution in [0.5, 0.6) is 0 Å². The van der Waals surface area contributed by atoms with Crippen LogP contribution in [0.1, 0.15) is 35.7 Å². The van der Waals surface area contributed by atoms with E-state index in [0.29, 0.717) is 28.4 Å². The lowest BCUT2D eigenvalue weighted by Gasteiger charge is -2.21. The number of anilines is 1. The number of unbranched alkanes of at least 4 members (excludes halogenated alkanes) is 1. The molecule has 29 heavy (non-hydrogen) atoms. The number of hydrogen-bond donors (Lipinski definition) is 1. The van der Waals surface area contributed by atoms with E-state index in [1.165, 1.54) is 4.90 Å². The highest BCUT2D eigenvalue weighted by Gasteiger charge is 2.20. The topological polar surface area (TPSA) is 75.7 Å². The Morgan fingerprint density at radius 2 is 1.79 bits per heavy atom. The summed E-state index contributed by atoms with van der Waals surface area (Å²) in [4.78, 5) is 38.4. The van der Waals surface area contributed by atoms with Crippen LogP contribution in [0.25, 0.3) is 0 Å². The Balaban J connectivity index is 2.04. The van der Waals surface area contributed by atoms with Crippen LogP contribution in [-0.4, -0.2) is 44.4 Å². The first-order chi connectivity index (χ1) is 13.9. The number of rotatable bonds is 10. The predicted octanol–water partition coefficient (Wildman–Crippen LogP) is 3.47. The average Bonchev–Trinajstić information content (AvgIpc) is 2.73. The zero-order valence-corrected chi connectivity index (χ0v) is 17.4. The molecule has 6 nitrogen and oxygen atoms in total. The number of likely N-dealkylation sites (N-methyl/N-ethyl adjacent to an activating group) is 1. The first kappa shape index (κ1) is 22.6. The molecule has 1 N–H and O–H groups in total. The normalized spacial score (nSPS) is 10.4. The minimum absolute atomic E-state index is 0.0558. The molecule has 0 aliphatic heterocycles. The monoisotopic (exact) mass is 416 g/mol. The van der Waals surface area contributed by atoms with Gasteiger partial charge in [-0.25, -0.2) is 0 Å². The van der Waals surface area contributed by atoms with Crippen molar-refractivity contribution in [1.29, 1.82) is 0 Å². The molecule has 0 unspecified atom stereocenters. The van der Waals surface area contributed by atoms with Crippen molar-refractivity contribution in [2.75, 3.05) is 31.6 Å². The van der Waals surface area contributed by atoms with Gasteiger partial charge in [-0.3, -0.25) is 19.7 Å². The van der Waals surface area contributed by atoms with E-state index in [-0.39, 0.29) is 24.8 Å². The first-order valence-electron chi connectivity index (χ1n) is 9.46. The highest BCUT2D eigenvalue weighted by Crippen LogP contribution is 2.26. The molecule has 2 aromatic carbocycles. The highest BCUT2D eigenvalue weighted by atomic mass is 35.5. The summed E-state index contributed by atoms with van der Waals surface area (Å²) in [6.07, 6.45) is 1.75. The number of ketones is 1. The molecule has 0 aromatic heterocycles. The fraction of sp³-hybridized carbons (Fsp3) is 0.318. The second kappa shape index (κ2) is 11.3. The molecule has 0 aliphatic carbocycles. The van der Waals surface area contributed by atoms with Crippen LogP contribution >= 0.6 is 11.6 Å². The fourth-order valence-corrected chi connectivity index (χ4v) is 2.81. The summed E-state index contributed by atoms with van der Waals surface area (Å²) in [5, 5.41) is 3.18. The van der Waals surface area contributed by atoms with Crippen molar-refractivity contribution in [2.45, 2.75) is 19.8 Å². The number of nitrogens with zero attached hydrogens (tertiary/aromatic N) is 1. The molecule has 0 atom stereocenters. The maximum Gasteiger partial charge on any atom is 0.319 e. The van der Waals surface area contributed by atoms with Crippen molar-refractivity contribution in [3.8, 4) is 0 Å². The van der Waals surface area contributed by atoms with E-state index in [1.54, 1.807) is 49.5 Å². The van der Waals surface area contributed by atoms with Crippen molar-refractivity contribution in [3.63, 3.8) is 0 Å². The Morgan fingerprint density at radius 3 is 2.48 bits per heavy atom. The molecular formula is C22H25ClN2O4. The molecule has 0 aliphatic rings. The lowest BCUT2D eigenvalue weighted by molar-refractivity contribution is -0.142. The molecule has 7 heteroatoms. The largest absolute Gasteiger partial charge is 0.465 e. The summed E-state index contributed by atoms with van der Waals surface area (Å²) in [6.45, 7) is 2.26. The van der Waals surface area contributed by atoms with Crippen LogP contribution in [-0.2, 0) is 14.3 Å². The van der Waals surface area contributed by atoms with Gasteiger partial charge in [-0.2, -0.15) is 0 Å². The van der Waals surface area contributed by atoms with E-state index < -0.39 is 5.97 Å². The summed E-state index contributed by atoms with van der Waals surface area (Å²) in [7, 11) is 1.58. The molecular weight excluding hydrogens is 392 g/mol. The van der Waals surface area contributed by atoms with Crippen molar-refractivity contribution >= 4 is 34.9 Å². The van der Waals surface area contributed by atoms with Crippen molar-refractivity contribution < 1.29 is 19.1 Å². The molecule has 0 radical (unpaired) electrons. The van der Waals surface area contributed by atoms with Crippen molar-refractivity contribution in [2.24, 2.45) is 0 Å². The second-order valence-electron chi connectivity index (χ2n) is 6.49. The number of hydrogen-bond acceptors (Lipinski definition) is 5. The van der Waals surface area contributed by atoms with Gasteiger partial charge in [0.25, 0.3) is 0 Å². The van der Waals surface area contributed by atoms with Crippen LogP contribution in [0.2, 0.25) is 5.02 Å². The third-order valence-electron chi connectivity index (χ3n) is 4.28. The van der Waals surface area contributed by atoms with Gasteiger partial charge in [0, 0.05) is 23.2 Å². The molecule has 154 valence electrons. The van der Waals surface area contributed by atoms with Crippen LogP contribution in [0, 0.1) is 0 Å². The maximum atomic E-state index is 12.9. The van der Waals surface area contributed by atoms with Crippen molar-refractivity contribution in [3.05, 3.63) is 64.7 Å². The fourth-order valence-electron chi connectivity index (χ4n) is 2.63. The van der Waals surface area contributed by atoms with Crippen LogP contribution in [0.3, 0.4) is 0 Å².